The Bertz CT molecular complexity index is 927. The number of aromatic nitrogens is 2. The minimum absolute atomic E-state index is 0.0426. The summed E-state index contributed by atoms with van der Waals surface area (Å²) in [5.74, 6) is -0.996. The lowest BCUT2D eigenvalue weighted by Crippen LogP contribution is -2.50. The number of nitro groups is 1. The van der Waals surface area contributed by atoms with E-state index in [0.717, 1.165) is 26.5 Å². The van der Waals surface area contributed by atoms with Crippen LogP contribution >= 0.6 is 0 Å². The minimum atomic E-state index is -0.953. The van der Waals surface area contributed by atoms with Crippen LogP contribution in [0.4, 0.5) is 16.3 Å². The van der Waals surface area contributed by atoms with Crippen molar-refractivity contribution in [1.82, 2.24) is 19.8 Å². The Kier molecular flexibility index (Phi) is 7.75. The van der Waals surface area contributed by atoms with Crippen molar-refractivity contribution in [1.29, 1.82) is 0 Å². The Morgan fingerprint density at radius 2 is 1.82 bits per heavy atom. The van der Waals surface area contributed by atoms with Crippen LogP contribution < -0.4 is 9.64 Å². The molecule has 3 rings (SSSR count). The lowest BCUT2D eigenvalue weighted by atomic mass is 10.2. The molecule has 2 fully saturated rings. The van der Waals surface area contributed by atoms with Gasteiger partial charge in [-0.2, -0.15) is 9.97 Å². The molecule has 1 atom stereocenters. The van der Waals surface area contributed by atoms with Crippen LogP contribution in [0.1, 0.15) is 44.1 Å². The third-order valence-corrected chi connectivity index (χ3v) is 5.71. The van der Waals surface area contributed by atoms with Crippen molar-refractivity contribution in [2.24, 2.45) is 0 Å². The highest BCUT2D eigenvalue weighted by molar-refractivity contribution is 5.94. The molecule has 2 aliphatic heterocycles. The number of ether oxygens (including phenoxy) is 3. The summed E-state index contributed by atoms with van der Waals surface area (Å²) < 4.78 is 15.9. The van der Waals surface area contributed by atoms with E-state index in [1.165, 1.54) is 4.90 Å². The molecule has 0 unspecified atom stereocenters. The predicted octanol–water partition coefficient (Wildman–Crippen LogP) is 1.70. The molecule has 0 aliphatic carbocycles. The van der Waals surface area contributed by atoms with E-state index in [2.05, 4.69) is 14.9 Å². The van der Waals surface area contributed by atoms with Crippen molar-refractivity contribution in [2.75, 3.05) is 58.4 Å². The summed E-state index contributed by atoms with van der Waals surface area (Å²) in [4.78, 5) is 49.6. The molecular formula is C21H32N6O7. The molecule has 0 saturated carbocycles. The normalized spacial score (nSPS) is 19.1. The van der Waals surface area contributed by atoms with Crippen molar-refractivity contribution in [3.8, 4) is 6.01 Å². The number of carbonyl (C=O) groups is 2. The van der Waals surface area contributed by atoms with E-state index in [4.69, 9.17) is 14.2 Å². The molecule has 0 N–H and O–H groups in total. The molecule has 1 aromatic rings. The topological polar surface area (TPSA) is 140 Å². The van der Waals surface area contributed by atoms with E-state index in [1.807, 2.05) is 7.05 Å². The van der Waals surface area contributed by atoms with Gasteiger partial charge in [0.1, 0.15) is 12.2 Å². The van der Waals surface area contributed by atoms with Crippen LogP contribution in [0.15, 0.2) is 0 Å². The molecule has 13 heteroatoms. The van der Waals surface area contributed by atoms with Gasteiger partial charge in [-0.15, -0.1) is 0 Å². The van der Waals surface area contributed by atoms with E-state index in [-0.39, 0.29) is 44.0 Å². The minimum Gasteiger partial charge on any atom is -0.464 e. The van der Waals surface area contributed by atoms with Crippen molar-refractivity contribution in [2.45, 2.75) is 45.3 Å². The number of carbonyl (C=O) groups excluding carboxylic acids is 2. The van der Waals surface area contributed by atoms with Crippen LogP contribution in [-0.4, -0.2) is 102 Å². The van der Waals surface area contributed by atoms with Gasteiger partial charge in [-0.1, -0.05) is 0 Å². The van der Waals surface area contributed by atoms with Crippen molar-refractivity contribution in [3.05, 3.63) is 15.8 Å². The fourth-order valence-corrected chi connectivity index (χ4v) is 3.90. The molecule has 2 aliphatic rings. The number of likely N-dealkylation sites (tertiary alicyclic amines) is 1. The first-order valence-corrected chi connectivity index (χ1v) is 11.2. The van der Waals surface area contributed by atoms with Gasteiger partial charge in [0.15, 0.2) is 0 Å². The Labute approximate surface area is 198 Å². The predicted molar refractivity (Wildman–Crippen MR) is 121 cm³/mol. The second-order valence-corrected chi connectivity index (χ2v) is 9.32. The molecular weight excluding hydrogens is 448 g/mol. The van der Waals surface area contributed by atoms with Gasteiger partial charge in [-0.3, -0.25) is 10.1 Å². The maximum Gasteiger partial charge on any atom is 0.410 e. The first-order valence-electron chi connectivity index (χ1n) is 11.2. The average Bonchev–Trinajstić information content (AvgIpc) is 3.19. The zero-order valence-electron chi connectivity index (χ0n) is 20.3. The Morgan fingerprint density at radius 1 is 1.15 bits per heavy atom. The Morgan fingerprint density at radius 3 is 2.35 bits per heavy atom. The largest absolute Gasteiger partial charge is 0.464 e. The number of nitrogens with zero attached hydrogens (tertiary/aromatic N) is 6. The maximum atomic E-state index is 12.4. The summed E-state index contributed by atoms with van der Waals surface area (Å²) >= 11 is 0. The SMILES string of the molecule is COC(=O)c1nc(OC[C@@H]2CCCN2C)nc(N2CCN(C(=O)OC(C)(C)C)CC2)c1[N+](=O)[O-]. The number of hydrogen-bond acceptors (Lipinski definition) is 11. The van der Waals surface area contributed by atoms with Crippen molar-refractivity contribution in [3.63, 3.8) is 0 Å². The molecule has 188 valence electrons. The van der Waals surface area contributed by atoms with Gasteiger partial charge in [-0.25, -0.2) is 9.59 Å². The van der Waals surface area contributed by atoms with Gasteiger partial charge in [0, 0.05) is 32.2 Å². The first-order chi connectivity index (χ1) is 16.0. The lowest BCUT2D eigenvalue weighted by Gasteiger charge is -2.36. The van der Waals surface area contributed by atoms with Crippen LogP contribution in [-0.2, 0) is 9.47 Å². The molecule has 13 nitrogen and oxygen atoms in total. The third-order valence-electron chi connectivity index (χ3n) is 5.71. The number of anilines is 1. The standard InChI is InChI=1S/C21H32N6O7/c1-21(2,3)34-20(29)26-11-9-25(10-12-26)17-16(27(30)31)15(18(28)32-5)22-19(23-17)33-13-14-7-6-8-24(14)4/h14H,6-13H2,1-5H3/t14-/m0/s1. The fraction of sp³-hybridized carbons (Fsp3) is 0.714. The molecule has 1 amide bonds. The Hall–Kier alpha value is -3.22. The zero-order valence-corrected chi connectivity index (χ0v) is 20.3. The highest BCUT2D eigenvalue weighted by Gasteiger charge is 2.36. The van der Waals surface area contributed by atoms with Crippen LogP contribution in [0.5, 0.6) is 6.01 Å². The van der Waals surface area contributed by atoms with Crippen molar-refractivity contribution < 1.29 is 28.7 Å². The fourth-order valence-electron chi connectivity index (χ4n) is 3.90. The number of hydrogen-bond donors (Lipinski definition) is 0. The van der Waals surface area contributed by atoms with Gasteiger partial charge in [-0.05, 0) is 47.2 Å². The molecule has 34 heavy (non-hydrogen) atoms. The number of likely N-dealkylation sites (N-methyl/N-ethyl adjacent to an activating group) is 1. The molecule has 3 heterocycles. The summed E-state index contributed by atoms with van der Waals surface area (Å²) in [5, 5.41) is 11.9. The van der Waals surface area contributed by atoms with Crippen LogP contribution in [0, 0.1) is 10.1 Å². The summed E-state index contributed by atoms with van der Waals surface area (Å²) in [6, 6.07) is 0.0389. The number of amides is 1. The summed E-state index contributed by atoms with van der Waals surface area (Å²) in [6.45, 7) is 7.64. The first kappa shape index (κ1) is 25.4. The van der Waals surface area contributed by atoms with Crippen LogP contribution in [0.2, 0.25) is 0 Å². The van der Waals surface area contributed by atoms with E-state index in [1.54, 1.807) is 25.7 Å². The molecule has 2 saturated heterocycles. The second-order valence-electron chi connectivity index (χ2n) is 9.32. The summed E-state index contributed by atoms with van der Waals surface area (Å²) in [5.41, 5.74) is -1.65. The smallest absolute Gasteiger partial charge is 0.410 e. The molecule has 0 bridgehead atoms. The van der Waals surface area contributed by atoms with Crippen LogP contribution in [0.25, 0.3) is 0 Å². The van der Waals surface area contributed by atoms with Gasteiger partial charge in [0.2, 0.25) is 11.5 Å². The Balaban J connectivity index is 1.85. The molecule has 1 aromatic heterocycles. The van der Waals surface area contributed by atoms with Crippen LogP contribution in [0.3, 0.4) is 0 Å². The average molecular weight is 481 g/mol. The van der Waals surface area contributed by atoms with Gasteiger partial charge in [0.05, 0.1) is 12.0 Å². The second kappa shape index (κ2) is 10.4. The van der Waals surface area contributed by atoms with Gasteiger partial charge < -0.3 is 28.9 Å². The summed E-state index contributed by atoms with van der Waals surface area (Å²) in [6.07, 6.45) is 1.54. The van der Waals surface area contributed by atoms with Gasteiger partial charge >= 0.3 is 23.8 Å². The zero-order chi connectivity index (χ0) is 25.0. The highest BCUT2D eigenvalue weighted by atomic mass is 16.6. The number of piperazine rings is 1. The van der Waals surface area contributed by atoms with Gasteiger partial charge in [0.25, 0.3) is 0 Å². The summed E-state index contributed by atoms with van der Waals surface area (Å²) in [7, 11) is 3.12. The van der Waals surface area contributed by atoms with E-state index in [0.29, 0.717) is 6.61 Å². The monoisotopic (exact) mass is 480 g/mol. The van der Waals surface area contributed by atoms with E-state index in [9.17, 15) is 19.7 Å². The molecule has 0 radical (unpaired) electrons. The number of esters is 1. The lowest BCUT2D eigenvalue weighted by molar-refractivity contribution is -0.385. The molecule has 0 aromatic carbocycles. The highest BCUT2D eigenvalue weighted by Crippen LogP contribution is 2.32. The maximum absolute atomic E-state index is 12.4. The van der Waals surface area contributed by atoms with E-state index >= 15 is 0 Å². The third kappa shape index (κ3) is 6.01. The number of rotatable bonds is 6. The van der Waals surface area contributed by atoms with E-state index < -0.39 is 34.0 Å². The molecule has 0 spiro atoms. The number of methoxy groups -OCH3 is 1. The van der Waals surface area contributed by atoms with Crippen molar-refractivity contribution >= 4 is 23.6 Å². The quantitative estimate of drug-likeness (QED) is 0.334.